The van der Waals surface area contributed by atoms with Gasteiger partial charge in [0.25, 0.3) is 5.91 Å². The number of esters is 2. The van der Waals surface area contributed by atoms with Crippen molar-refractivity contribution in [3.8, 4) is 0 Å². The Morgan fingerprint density at radius 1 is 0.378 bits per heavy atom. The summed E-state index contributed by atoms with van der Waals surface area (Å²) in [5.41, 5.74) is 0. The van der Waals surface area contributed by atoms with Gasteiger partial charge in [0.2, 0.25) is 0 Å². The van der Waals surface area contributed by atoms with Gasteiger partial charge in [-0.2, -0.15) is 0 Å². The Bertz CT molecular complexity index is 1470. The number of hydrogen-bond acceptors (Lipinski definition) is 13. The molecule has 90 heavy (non-hydrogen) atoms. The van der Waals surface area contributed by atoms with Crippen LogP contribution in [-0.4, -0.2) is 165 Å². The molecule has 534 valence electrons. The summed E-state index contributed by atoms with van der Waals surface area (Å²) in [5.74, 6) is -0.200. The van der Waals surface area contributed by atoms with E-state index in [0.29, 0.717) is 91.7 Å². The molecule has 0 aliphatic carbocycles. The van der Waals surface area contributed by atoms with Crippen molar-refractivity contribution in [2.24, 2.45) is 5.92 Å². The quantitative estimate of drug-likeness (QED) is 0.0422. The Kier molecular flexibility index (Phi) is 65.5. The van der Waals surface area contributed by atoms with Gasteiger partial charge < -0.3 is 52.4 Å². The standard InChI is InChI=1S/C76H148N2O12/c1-7-12-17-22-29-37-46-71(47-38-30-23-18-13-8-2)87-58-44-34-27-28-35-45-59-88-73(69-86-57-43-36-41-50-74(79)90-72(48-39-31-24-19-14-9-3)49-40-32-25-20-15-10-4)75(80)78(53-42-33-26-21-16-11-5)56-60-82-61-62-83-63-64-84-65-66-85-67-68-89-76(81)70-51-54-77(6)55-52-70/h70-73H,7-69H2,1-6H3. The van der Waals surface area contributed by atoms with Crippen LogP contribution < -0.4 is 0 Å². The Hall–Kier alpha value is -1.91. The van der Waals surface area contributed by atoms with Gasteiger partial charge in [-0.15, -0.1) is 0 Å². The van der Waals surface area contributed by atoms with Gasteiger partial charge in [0.15, 0.2) is 6.10 Å². The van der Waals surface area contributed by atoms with E-state index in [1.54, 1.807) is 0 Å². The predicted molar refractivity (Wildman–Crippen MR) is 373 cm³/mol. The number of unbranched alkanes of at least 4 members (excludes halogenated alkanes) is 32. The molecule has 1 aliphatic heterocycles. The van der Waals surface area contributed by atoms with E-state index in [4.69, 9.17) is 42.6 Å². The molecule has 0 aromatic carbocycles. The summed E-state index contributed by atoms with van der Waals surface area (Å²) in [5, 5.41) is 0. The summed E-state index contributed by atoms with van der Waals surface area (Å²) in [6.07, 6.45) is 53.2. The molecule has 1 fully saturated rings. The molecule has 0 N–H and O–H groups in total. The van der Waals surface area contributed by atoms with Crippen LogP contribution in [0.1, 0.15) is 330 Å². The Labute approximate surface area is 555 Å². The fourth-order valence-electron chi connectivity index (χ4n) is 12.0. The van der Waals surface area contributed by atoms with Gasteiger partial charge in [-0.3, -0.25) is 14.4 Å². The third kappa shape index (κ3) is 56.4. The molecule has 0 bridgehead atoms. The second-order valence-corrected chi connectivity index (χ2v) is 26.5. The van der Waals surface area contributed by atoms with Gasteiger partial charge in [-0.1, -0.05) is 240 Å². The highest BCUT2D eigenvalue weighted by molar-refractivity contribution is 5.81. The molecule has 1 aliphatic rings. The van der Waals surface area contributed by atoms with E-state index in [0.717, 1.165) is 116 Å². The molecule has 1 atom stereocenters. The number of rotatable bonds is 72. The van der Waals surface area contributed by atoms with Gasteiger partial charge in [-0.05, 0) is 104 Å². The second-order valence-electron chi connectivity index (χ2n) is 26.5. The first-order chi connectivity index (χ1) is 44.3. The van der Waals surface area contributed by atoms with Gasteiger partial charge >= 0.3 is 11.9 Å². The van der Waals surface area contributed by atoms with Gasteiger partial charge in [0.1, 0.15) is 12.7 Å². The highest BCUT2D eigenvalue weighted by atomic mass is 16.6. The van der Waals surface area contributed by atoms with E-state index < -0.39 is 6.10 Å². The van der Waals surface area contributed by atoms with Crippen LogP contribution >= 0.6 is 0 Å². The molecular weight excluding hydrogens is 1130 g/mol. The SMILES string of the molecule is CCCCCCCCC(CCCCCCCC)OCCCCCCCCOC(COCCCCCC(=O)OC(CCCCCCCC)CCCCCCCC)C(=O)N(CCCCCCCC)CCOCCOCCOCCOCCOC(=O)C1CCN(C)CC1. The van der Waals surface area contributed by atoms with E-state index in [9.17, 15) is 14.4 Å². The second kappa shape index (κ2) is 68.5. The topological polar surface area (TPSA) is 141 Å². The summed E-state index contributed by atoms with van der Waals surface area (Å²) in [4.78, 5) is 44.1. The minimum absolute atomic E-state index is 0.00161. The smallest absolute Gasteiger partial charge is 0.309 e. The van der Waals surface area contributed by atoms with E-state index in [1.807, 2.05) is 4.90 Å². The average molecular weight is 1280 g/mol. The molecule has 1 rings (SSSR count). The third-order valence-electron chi connectivity index (χ3n) is 18.0. The maximum Gasteiger partial charge on any atom is 0.309 e. The zero-order valence-corrected chi connectivity index (χ0v) is 60.2. The lowest BCUT2D eigenvalue weighted by Crippen LogP contribution is -2.45. The first kappa shape index (κ1) is 86.1. The van der Waals surface area contributed by atoms with Crippen LogP contribution in [0.2, 0.25) is 0 Å². The lowest BCUT2D eigenvalue weighted by Gasteiger charge is -2.28. The number of carbonyl (C=O) groups is 3. The van der Waals surface area contributed by atoms with Gasteiger partial charge in [0, 0.05) is 39.3 Å². The van der Waals surface area contributed by atoms with Crippen LogP contribution in [0, 0.1) is 5.92 Å². The number of nitrogens with zero attached hydrogens (tertiary/aromatic N) is 2. The average Bonchev–Trinajstić information content (AvgIpc) is 3.60. The predicted octanol–water partition coefficient (Wildman–Crippen LogP) is 18.7. The summed E-state index contributed by atoms with van der Waals surface area (Å²) in [6, 6.07) is 0. The van der Waals surface area contributed by atoms with E-state index >= 15 is 0 Å². The van der Waals surface area contributed by atoms with Crippen LogP contribution in [-0.2, 0) is 57.0 Å². The fourth-order valence-corrected chi connectivity index (χ4v) is 12.0. The van der Waals surface area contributed by atoms with Gasteiger partial charge in [-0.25, -0.2) is 0 Å². The Balaban J connectivity index is 2.73. The van der Waals surface area contributed by atoms with Crippen molar-refractivity contribution in [3.05, 3.63) is 0 Å². The van der Waals surface area contributed by atoms with E-state index in [-0.39, 0.29) is 43.1 Å². The third-order valence-corrected chi connectivity index (χ3v) is 18.0. The zero-order chi connectivity index (χ0) is 65.1. The van der Waals surface area contributed by atoms with Crippen LogP contribution in [0.25, 0.3) is 0 Å². The first-order valence-corrected chi connectivity index (χ1v) is 38.7. The van der Waals surface area contributed by atoms with E-state index in [2.05, 4.69) is 46.6 Å². The Morgan fingerprint density at radius 3 is 1.23 bits per heavy atom. The zero-order valence-electron chi connectivity index (χ0n) is 60.2. The largest absolute Gasteiger partial charge is 0.463 e. The molecule has 1 amide bonds. The lowest BCUT2D eigenvalue weighted by atomic mass is 9.97. The van der Waals surface area contributed by atoms with Crippen molar-refractivity contribution in [2.45, 2.75) is 348 Å². The molecule has 0 aromatic heterocycles. The van der Waals surface area contributed by atoms with Crippen molar-refractivity contribution in [3.63, 3.8) is 0 Å². The maximum absolute atomic E-state index is 14.5. The minimum atomic E-state index is -0.687. The minimum Gasteiger partial charge on any atom is -0.463 e. The number of likely N-dealkylation sites (tertiary alicyclic amines) is 1. The van der Waals surface area contributed by atoms with Crippen LogP contribution in [0.4, 0.5) is 0 Å². The summed E-state index contributed by atoms with van der Waals surface area (Å²) >= 11 is 0. The summed E-state index contributed by atoms with van der Waals surface area (Å²) in [6.45, 7) is 20.1. The molecule has 14 heteroatoms. The fraction of sp³-hybridized carbons (Fsp3) is 0.961. The number of ether oxygens (including phenoxy) is 9. The number of carbonyl (C=O) groups excluding carboxylic acids is 3. The maximum atomic E-state index is 14.5. The van der Waals surface area contributed by atoms with Crippen molar-refractivity contribution in [1.29, 1.82) is 0 Å². The highest BCUT2D eigenvalue weighted by Gasteiger charge is 2.27. The van der Waals surface area contributed by atoms with Crippen molar-refractivity contribution < 1.29 is 57.0 Å². The molecule has 0 saturated carbocycles. The molecule has 1 unspecified atom stereocenters. The molecule has 14 nitrogen and oxygen atoms in total. The number of amides is 1. The van der Waals surface area contributed by atoms with Gasteiger partial charge in [0.05, 0.1) is 71.5 Å². The molecule has 0 radical (unpaired) electrons. The molecular formula is C76H148N2O12. The Morgan fingerprint density at radius 2 is 0.756 bits per heavy atom. The highest BCUT2D eigenvalue weighted by Crippen LogP contribution is 2.22. The molecule has 1 heterocycles. The van der Waals surface area contributed by atoms with Crippen molar-refractivity contribution >= 4 is 17.8 Å². The van der Waals surface area contributed by atoms with Crippen LogP contribution in [0.5, 0.6) is 0 Å². The summed E-state index contributed by atoms with van der Waals surface area (Å²) < 4.78 is 54.0. The van der Waals surface area contributed by atoms with Crippen LogP contribution in [0.3, 0.4) is 0 Å². The molecule has 0 aromatic rings. The first-order valence-electron chi connectivity index (χ1n) is 38.7. The monoisotopic (exact) mass is 1280 g/mol. The number of piperidine rings is 1. The van der Waals surface area contributed by atoms with Crippen molar-refractivity contribution in [1.82, 2.24) is 9.80 Å². The molecule has 0 spiro atoms. The normalized spacial score (nSPS) is 13.5. The molecule has 1 saturated heterocycles. The summed E-state index contributed by atoms with van der Waals surface area (Å²) in [7, 11) is 2.08. The number of hydrogen-bond donors (Lipinski definition) is 0. The lowest BCUT2D eigenvalue weighted by molar-refractivity contribution is -0.152. The van der Waals surface area contributed by atoms with Crippen LogP contribution in [0.15, 0.2) is 0 Å². The van der Waals surface area contributed by atoms with Crippen molar-refractivity contribution in [2.75, 3.05) is 119 Å². The van der Waals surface area contributed by atoms with E-state index in [1.165, 1.54) is 193 Å².